The average Bonchev–Trinajstić information content (AvgIpc) is 3.20. The molecule has 3 heterocycles. The van der Waals surface area contributed by atoms with Gasteiger partial charge < -0.3 is 14.0 Å². The molecule has 2 aromatic heterocycles. The number of nitrogens with one attached hydrogen (secondary N) is 1. The first-order chi connectivity index (χ1) is 12.4. The molecule has 0 radical (unpaired) electrons. The fraction of sp³-hybridized carbons (Fsp3) is 0.250. The smallest absolute Gasteiger partial charge is 0.263 e. The van der Waals surface area contributed by atoms with Crippen LogP contribution in [0, 0.1) is 13.8 Å². The van der Waals surface area contributed by atoms with Crippen LogP contribution in [0.25, 0.3) is 10.7 Å². The summed E-state index contributed by atoms with van der Waals surface area (Å²) in [6, 6.07) is 6.47. The zero-order valence-electron chi connectivity index (χ0n) is 14.0. The molecule has 0 spiro atoms. The van der Waals surface area contributed by atoms with Gasteiger partial charge in [0.1, 0.15) is 18.1 Å². The number of thiophene rings is 1. The molecule has 10 heteroatoms. The first-order valence-electron chi connectivity index (χ1n) is 7.76. The SMILES string of the molecule is Cc1nc(-c2cc(S(=O)(=O)Nc3ccc4c(c3)OCCO4)c(C)s2)no1. The minimum absolute atomic E-state index is 0.176. The maximum absolute atomic E-state index is 12.8. The van der Waals surface area contributed by atoms with Crippen LogP contribution >= 0.6 is 11.3 Å². The number of hydrogen-bond acceptors (Lipinski definition) is 8. The van der Waals surface area contributed by atoms with E-state index in [0.717, 1.165) is 0 Å². The maximum atomic E-state index is 12.8. The largest absolute Gasteiger partial charge is 0.486 e. The molecule has 0 saturated heterocycles. The summed E-state index contributed by atoms with van der Waals surface area (Å²) in [5.74, 6) is 1.91. The van der Waals surface area contributed by atoms with Crippen LogP contribution in [0.15, 0.2) is 33.7 Å². The third-order valence-corrected chi connectivity index (χ3v) is 6.39. The fourth-order valence-electron chi connectivity index (χ4n) is 2.56. The summed E-state index contributed by atoms with van der Waals surface area (Å²) in [7, 11) is -3.77. The van der Waals surface area contributed by atoms with Crippen LogP contribution in [0.2, 0.25) is 0 Å². The summed E-state index contributed by atoms with van der Waals surface area (Å²) in [6.45, 7) is 4.32. The molecule has 0 unspecified atom stereocenters. The second-order valence-electron chi connectivity index (χ2n) is 5.63. The molecule has 1 N–H and O–H groups in total. The van der Waals surface area contributed by atoms with Crippen molar-refractivity contribution in [2.75, 3.05) is 17.9 Å². The summed E-state index contributed by atoms with van der Waals surface area (Å²) in [5.41, 5.74) is 0.400. The van der Waals surface area contributed by atoms with E-state index >= 15 is 0 Å². The number of anilines is 1. The minimum atomic E-state index is -3.77. The Morgan fingerprint density at radius 3 is 2.62 bits per heavy atom. The van der Waals surface area contributed by atoms with Gasteiger partial charge >= 0.3 is 0 Å². The van der Waals surface area contributed by atoms with Gasteiger partial charge in [-0.1, -0.05) is 5.16 Å². The van der Waals surface area contributed by atoms with Crippen molar-refractivity contribution in [3.05, 3.63) is 35.0 Å². The Labute approximate surface area is 153 Å². The van der Waals surface area contributed by atoms with Crippen LogP contribution in [0.1, 0.15) is 10.8 Å². The van der Waals surface area contributed by atoms with Gasteiger partial charge in [0.15, 0.2) is 11.5 Å². The molecule has 1 aliphatic heterocycles. The number of rotatable bonds is 4. The number of hydrogen-bond donors (Lipinski definition) is 1. The van der Waals surface area contributed by atoms with Gasteiger partial charge in [0.2, 0.25) is 11.7 Å². The van der Waals surface area contributed by atoms with E-state index in [2.05, 4.69) is 14.9 Å². The molecule has 26 heavy (non-hydrogen) atoms. The fourth-order valence-corrected chi connectivity index (χ4v) is 5.13. The number of sulfonamides is 1. The molecule has 8 nitrogen and oxygen atoms in total. The highest BCUT2D eigenvalue weighted by atomic mass is 32.2. The third-order valence-electron chi connectivity index (χ3n) is 3.70. The van der Waals surface area contributed by atoms with Gasteiger partial charge in [0.05, 0.1) is 10.6 Å². The van der Waals surface area contributed by atoms with Gasteiger partial charge in [-0.25, -0.2) is 8.42 Å². The quantitative estimate of drug-likeness (QED) is 0.727. The van der Waals surface area contributed by atoms with Crippen molar-refractivity contribution in [1.82, 2.24) is 10.1 Å². The lowest BCUT2D eigenvalue weighted by molar-refractivity contribution is 0.171. The molecule has 0 saturated carbocycles. The van der Waals surface area contributed by atoms with E-state index in [-0.39, 0.29) is 4.90 Å². The zero-order chi connectivity index (χ0) is 18.3. The Morgan fingerprint density at radius 1 is 1.12 bits per heavy atom. The predicted octanol–water partition coefficient (Wildman–Crippen LogP) is 2.99. The highest BCUT2D eigenvalue weighted by Crippen LogP contribution is 2.35. The summed E-state index contributed by atoms with van der Waals surface area (Å²) < 4.78 is 44.1. The predicted molar refractivity (Wildman–Crippen MR) is 95.3 cm³/mol. The number of fused-ring (bicyclic) bond motifs is 1. The lowest BCUT2D eigenvalue weighted by Crippen LogP contribution is -2.16. The topological polar surface area (TPSA) is 104 Å². The summed E-state index contributed by atoms with van der Waals surface area (Å²) >= 11 is 1.29. The summed E-state index contributed by atoms with van der Waals surface area (Å²) in [6.07, 6.45) is 0. The Bertz CT molecular complexity index is 1070. The van der Waals surface area contributed by atoms with Crippen molar-refractivity contribution in [2.24, 2.45) is 0 Å². The maximum Gasteiger partial charge on any atom is 0.263 e. The number of benzene rings is 1. The molecule has 0 atom stereocenters. The van der Waals surface area contributed by atoms with Crippen LogP contribution in [0.4, 0.5) is 5.69 Å². The van der Waals surface area contributed by atoms with Crippen molar-refractivity contribution in [2.45, 2.75) is 18.7 Å². The van der Waals surface area contributed by atoms with Crippen molar-refractivity contribution >= 4 is 27.0 Å². The van der Waals surface area contributed by atoms with E-state index in [1.165, 1.54) is 11.3 Å². The second-order valence-corrected chi connectivity index (χ2v) is 8.54. The Hall–Kier alpha value is -2.59. The Kier molecular flexibility index (Phi) is 4.08. The van der Waals surface area contributed by atoms with Gasteiger partial charge in [-0.3, -0.25) is 4.72 Å². The second kappa shape index (κ2) is 6.29. The van der Waals surface area contributed by atoms with Crippen molar-refractivity contribution in [1.29, 1.82) is 0 Å². The molecule has 3 aromatic rings. The molecule has 136 valence electrons. The minimum Gasteiger partial charge on any atom is -0.486 e. The van der Waals surface area contributed by atoms with E-state index < -0.39 is 10.0 Å². The van der Waals surface area contributed by atoms with Crippen LogP contribution in [0.5, 0.6) is 11.5 Å². The van der Waals surface area contributed by atoms with E-state index in [0.29, 0.717) is 51.9 Å². The normalized spacial score (nSPS) is 13.6. The van der Waals surface area contributed by atoms with E-state index in [1.54, 1.807) is 38.1 Å². The van der Waals surface area contributed by atoms with Gasteiger partial charge in [-0.15, -0.1) is 11.3 Å². The zero-order valence-corrected chi connectivity index (χ0v) is 15.6. The Balaban J connectivity index is 1.64. The van der Waals surface area contributed by atoms with E-state index in [1.807, 2.05) is 0 Å². The van der Waals surface area contributed by atoms with Crippen molar-refractivity contribution < 1.29 is 22.4 Å². The molecule has 0 bridgehead atoms. The lowest BCUT2D eigenvalue weighted by atomic mass is 10.3. The average molecular weight is 393 g/mol. The Morgan fingerprint density at radius 2 is 1.88 bits per heavy atom. The highest BCUT2D eigenvalue weighted by molar-refractivity contribution is 7.93. The number of ether oxygens (including phenoxy) is 2. The number of aromatic nitrogens is 2. The molecule has 1 aromatic carbocycles. The molecular formula is C16H15N3O5S2. The monoisotopic (exact) mass is 393 g/mol. The standard InChI is InChI=1S/C16H15N3O5S2/c1-9-15(8-14(25-9)16-17-10(2)24-18-16)26(20,21)19-11-3-4-12-13(7-11)23-6-5-22-12/h3-4,7-8,19H,5-6H2,1-2H3. The van der Waals surface area contributed by atoms with Crippen LogP contribution < -0.4 is 14.2 Å². The molecule has 1 aliphatic rings. The van der Waals surface area contributed by atoms with Crippen LogP contribution in [0.3, 0.4) is 0 Å². The van der Waals surface area contributed by atoms with Gasteiger partial charge in [-0.05, 0) is 25.1 Å². The van der Waals surface area contributed by atoms with Gasteiger partial charge in [-0.2, -0.15) is 4.98 Å². The molecular weight excluding hydrogens is 378 g/mol. The first-order valence-corrected chi connectivity index (χ1v) is 10.1. The van der Waals surface area contributed by atoms with E-state index in [4.69, 9.17) is 14.0 Å². The molecule has 4 rings (SSSR count). The molecule has 0 aliphatic carbocycles. The third kappa shape index (κ3) is 3.13. The van der Waals surface area contributed by atoms with Crippen molar-refractivity contribution in [3.63, 3.8) is 0 Å². The molecule has 0 amide bonds. The van der Waals surface area contributed by atoms with Gasteiger partial charge in [0.25, 0.3) is 10.0 Å². The molecule has 0 fully saturated rings. The summed E-state index contributed by atoms with van der Waals surface area (Å²) in [4.78, 5) is 5.57. The van der Waals surface area contributed by atoms with Crippen molar-refractivity contribution in [3.8, 4) is 22.2 Å². The lowest BCUT2D eigenvalue weighted by Gasteiger charge is -2.19. The number of aryl methyl sites for hydroxylation is 2. The highest BCUT2D eigenvalue weighted by Gasteiger charge is 2.23. The number of nitrogens with zero attached hydrogens (tertiary/aromatic N) is 2. The summed E-state index contributed by atoms with van der Waals surface area (Å²) in [5, 5.41) is 3.83. The van der Waals surface area contributed by atoms with E-state index in [9.17, 15) is 8.42 Å². The van der Waals surface area contributed by atoms with Gasteiger partial charge in [0, 0.05) is 17.9 Å². The van der Waals surface area contributed by atoms with Crippen LogP contribution in [-0.4, -0.2) is 31.8 Å². The first kappa shape index (κ1) is 16.9. The van der Waals surface area contributed by atoms with Crippen LogP contribution in [-0.2, 0) is 10.0 Å².